The Bertz CT molecular complexity index is 363. The lowest BCUT2D eigenvalue weighted by Gasteiger charge is -2.19. The first-order valence-corrected chi connectivity index (χ1v) is 5.99. The van der Waals surface area contributed by atoms with Crippen molar-refractivity contribution < 1.29 is 8.78 Å². The van der Waals surface area contributed by atoms with Gasteiger partial charge in [-0.15, -0.1) is 0 Å². The van der Waals surface area contributed by atoms with Gasteiger partial charge in [0, 0.05) is 11.6 Å². The zero-order valence-electron chi connectivity index (χ0n) is 8.70. The van der Waals surface area contributed by atoms with Crippen LogP contribution >= 0.6 is 27.9 Å². The maximum Gasteiger partial charge on any atom is 0.141 e. The quantitative estimate of drug-likeness (QED) is 0.651. The predicted molar refractivity (Wildman–Crippen MR) is 62.8 cm³/mol. The zero-order chi connectivity index (χ0) is 11.6. The molecule has 0 atom stereocenters. The summed E-state index contributed by atoms with van der Waals surface area (Å²) in [6.07, 6.45) is 0. The minimum absolute atomic E-state index is 0.127. The SMILES string of the molecule is CC(C)(C)NSc1cc(Br)c(F)cc1F. The summed E-state index contributed by atoms with van der Waals surface area (Å²) in [5.74, 6) is -1.15. The Labute approximate surface area is 101 Å². The van der Waals surface area contributed by atoms with Gasteiger partial charge in [-0.25, -0.2) is 8.78 Å². The predicted octanol–water partition coefficient (Wildman–Crippen LogP) is 4.12. The highest BCUT2D eigenvalue weighted by Gasteiger charge is 2.13. The van der Waals surface area contributed by atoms with Gasteiger partial charge >= 0.3 is 0 Å². The van der Waals surface area contributed by atoms with Gasteiger partial charge in [-0.2, -0.15) is 0 Å². The molecule has 0 aliphatic carbocycles. The van der Waals surface area contributed by atoms with Crippen LogP contribution in [-0.2, 0) is 0 Å². The molecule has 0 spiro atoms. The number of benzene rings is 1. The molecule has 15 heavy (non-hydrogen) atoms. The molecule has 0 heterocycles. The molecular weight excluding hydrogens is 284 g/mol. The molecule has 0 saturated carbocycles. The van der Waals surface area contributed by atoms with Crippen LogP contribution < -0.4 is 4.72 Å². The molecule has 0 aliphatic heterocycles. The average molecular weight is 296 g/mol. The summed E-state index contributed by atoms with van der Waals surface area (Å²) in [7, 11) is 0. The van der Waals surface area contributed by atoms with Gasteiger partial charge in [-0.1, -0.05) is 0 Å². The molecule has 1 aromatic carbocycles. The van der Waals surface area contributed by atoms with Gasteiger partial charge in [-0.3, -0.25) is 4.72 Å². The summed E-state index contributed by atoms with van der Waals surface area (Å²) in [6, 6.07) is 2.30. The molecule has 0 saturated heterocycles. The molecule has 0 radical (unpaired) electrons. The van der Waals surface area contributed by atoms with Crippen LogP contribution in [0, 0.1) is 11.6 Å². The molecule has 0 aromatic heterocycles. The van der Waals surface area contributed by atoms with Crippen LogP contribution in [0.1, 0.15) is 20.8 Å². The van der Waals surface area contributed by atoms with Crippen molar-refractivity contribution in [2.75, 3.05) is 0 Å². The monoisotopic (exact) mass is 295 g/mol. The molecule has 1 rings (SSSR count). The number of halogens is 3. The summed E-state index contributed by atoms with van der Waals surface area (Å²) in [5.41, 5.74) is -0.127. The van der Waals surface area contributed by atoms with Crippen LogP contribution in [0.15, 0.2) is 21.5 Å². The Kier molecular flexibility index (Phi) is 4.14. The van der Waals surface area contributed by atoms with Gasteiger partial charge in [0.1, 0.15) is 11.6 Å². The molecule has 1 nitrogen and oxygen atoms in total. The van der Waals surface area contributed by atoms with Gasteiger partial charge in [0.25, 0.3) is 0 Å². The van der Waals surface area contributed by atoms with Crippen LogP contribution in [-0.4, -0.2) is 5.54 Å². The van der Waals surface area contributed by atoms with Crippen molar-refractivity contribution in [1.29, 1.82) is 0 Å². The van der Waals surface area contributed by atoms with Crippen LogP contribution in [0.5, 0.6) is 0 Å². The van der Waals surface area contributed by atoms with Gasteiger partial charge in [0.2, 0.25) is 0 Å². The van der Waals surface area contributed by atoms with Crippen molar-refractivity contribution in [1.82, 2.24) is 4.72 Å². The van der Waals surface area contributed by atoms with E-state index in [0.717, 1.165) is 18.0 Å². The van der Waals surface area contributed by atoms with Crippen molar-refractivity contribution in [2.45, 2.75) is 31.2 Å². The van der Waals surface area contributed by atoms with E-state index in [4.69, 9.17) is 0 Å². The molecule has 0 unspecified atom stereocenters. The van der Waals surface area contributed by atoms with E-state index in [2.05, 4.69) is 20.7 Å². The van der Waals surface area contributed by atoms with E-state index in [9.17, 15) is 8.78 Å². The molecule has 1 N–H and O–H groups in total. The Morgan fingerprint density at radius 3 is 2.33 bits per heavy atom. The molecular formula is C10H12BrF2NS. The van der Waals surface area contributed by atoms with Crippen LogP contribution in [0.25, 0.3) is 0 Å². The highest BCUT2D eigenvalue weighted by Crippen LogP contribution is 2.27. The second-order valence-corrected chi connectivity index (χ2v) is 5.85. The lowest BCUT2D eigenvalue weighted by atomic mass is 10.1. The Hall–Kier alpha value is -0.130. The largest absolute Gasteiger partial charge is 0.254 e. The normalized spacial score (nSPS) is 11.9. The number of hydrogen-bond donors (Lipinski definition) is 1. The Morgan fingerprint density at radius 2 is 1.80 bits per heavy atom. The fourth-order valence-corrected chi connectivity index (χ4v) is 2.03. The topological polar surface area (TPSA) is 12.0 Å². The van der Waals surface area contributed by atoms with Gasteiger partial charge in [-0.05, 0) is 54.7 Å². The van der Waals surface area contributed by atoms with Gasteiger partial charge in [0.15, 0.2) is 0 Å². The molecule has 0 amide bonds. The summed E-state index contributed by atoms with van der Waals surface area (Å²) >= 11 is 4.17. The Morgan fingerprint density at radius 1 is 1.20 bits per heavy atom. The fourth-order valence-electron chi connectivity index (χ4n) is 0.791. The third-order valence-corrected chi connectivity index (χ3v) is 3.30. The number of rotatable bonds is 2. The van der Waals surface area contributed by atoms with Gasteiger partial charge < -0.3 is 0 Å². The van der Waals surface area contributed by atoms with Crippen LogP contribution in [0.3, 0.4) is 0 Å². The average Bonchev–Trinajstić information content (AvgIpc) is 2.07. The first-order valence-electron chi connectivity index (χ1n) is 4.38. The first kappa shape index (κ1) is 12.9. The number of nitrogens with one attached hydrogen (secondary N) is 1. The molecule has 0 bridgehead atoms. The zero-order valence-corrected chi connectivity index (χ0v) is 11.1. The standard InChI is InChI=1S/C10H12BrF2NS/c1-10(2,3)14-15-9-4-6(11)7(12)5-8(9)13/h4-5,14H,1-3H3. The van der Waals surface area contributed by atoms with E-state index in [1.807, 2.05) is 20.8 Å². The van der Waals surface area contributed by atoms with Crippen molar-refractivity contribution in [3.05, 3.63) is 28.2 Å². The van der Waals surface area contributed by atoms with E-state index in [1.54, 1.807) is 0 Å². The van der Waals surface area contributed by atoms with Gasteiger partial charge in [0.05, 0.1) is 9.37 Å². The Balaban J connectivity index is 2.82. The summed E-state index contributed by atoms with van der Waals surface area (Å²) in [4.78, 5) is 0.373. The third kappa shape index (κ3) is 4.09. The van der Waals surface area contributed by atoms with E-state index in [1.165, 1.54) is 6.07 Å². The summed E-state index contributed by atoms with van der Waals surface area (Å²) in [6.45, 7) is 5.91. The number of hydrogen-bond acceptors (Lipinski definition) is 2. The molecule has 84 valence electrons. The molecule has 0 aliphatic rings. The highest BCUT2D eigenvalue weighted by atomic mass is 79.9. The first-order chi connectivity index (χ1) is 6.79. The van der Waals surface area contributed by atoms with Crippen molar-refractivity contribution >= 4 is 27.9 Å². The van der Waals surface area contributed by atoms with E-state index >= 15 is 0 Å². The van der Waals surface area contributed by atoms with Crippen molar-refractivity contribution in [3.8, 4) is 0 Å². The minimum Gasteiger partial charge on any atom is -0.254 e. The van der Waals surface area contributed by atoms with E-state index < -0.39 is 11.6 Å². The van der Waals surface area contributed by atoms with Crippen LogP contribution in [0.4, 0.5) is 8.78 Å². The second kappa shape index (κ2) is 4.80. The molecule has 1 aromatic rings. The highest BCUT2D eigenvalue weighted by molar-refractivity contribution is 9.10. The van der Waals surface area contributed by atoms with E-state index in [0.29, 0.717) is 4.90 Å². The molecule has 5 heteroatoms. The maximum absolute atomic E-state index is 13.3. The fraction of sp³-hybridized carbons (Fsp3) is 0.400. The maximum atomic E-state index is 13.3. The van der Waals surface area contributed by atoms with Crippen molar-refractivity contribution in [3.63, 3.8) is 0 Å². The minimum atomic E-state index is -0.590. The lowest BCUT2D eigenvalue weighted by molar-refractivity contribution is 0.531. The molecule has 0 fully saturated rings. The summed E-state index contributed by atoms with van der Waals surface area (Å²) < 4.78 is 29.5. The third-order valence-electron chi connectivity index (χ3n) is 1.44. The van der Waals surface area contributed by atoms with Crippen molar-refractivity contribution in [2.24, 2.45) is 0 Å². The second-order valence-electron chi connectivity index (χ2n) is 4.15. The van der Waals surface area contributed by atoms with E-state index in [-0.39, 0.29) is 10.0 Å². The van der Waals surface area contributed by atoms with Crippen LogP contribution in [0.2, 0.25) is 0 Å². The smallest absolute Gasteiger partial charge is 0.141 e. The lowest BCUT2D eigenvalue weighted by Crippen LogP contribution is -2.29. The summed E-state index contributed by atoms with van der Waals surface area (Å²) in [5, 5.41) is 0.